The highest BCUT2D eigenvalue weighted by Gasteiger charge is 2.24. The molecule has 1 heterocycles. The first kappa shape index (κ1) is 16.2. The van der Waals surface area contributed by atoms with Crippen LogP contribution in [0.2, 0.25) is 5.02 Å². The first-order valence-corrected chi connectivity index (χ1v) is 9.86. The van der Waals surface area contributed by atoms with Gasteiger partial charge in [-0.05, 0) is 16.3 Å². The summed E-state index contributed by atoms with van der Waals surface area (Å²) in [5, 5.41) is 2.06. The normalized spacial score (nSPS) is 13.8. The molecule has 0 aromatic heterocycles. The molecule has 25 heavy (non-hydrogen) atoms. The van der Waals surface area contributed by atoms with Crippen LogP contribution in [0.5, 0.6) is 11.5 Å². The SMILES string of the molecule is O=S(=O)(Cc1cccc2ccccc12)c1cc2c(cc1Cl)OCCO2. The third-order valence-electron chi connectivity index (χ3n) is 4.16. The van der Waals surface area contributed by atoms with Gasteiger partial charge in [0.15, 0.2) is 21.3 Å². The van der Waals surface area contributed by atoms with E-state index in [4.69, 9.17) is 21.1 Å². The van der Waals surface area contributed by atoms with Crippen LogP contribution in [0.15, 0.2) is 59.5 Å². The van der Waals surface area contributed by atoms with Crippen LogP contribution >= 0.6 is 11.6 Å². The second kappa shape index (κ2) is 6.24. The average molecular weight is 375 g/mol. The monoisotopic (exact) mass is 374 g/mol. The summed E-state index contributed by atoms with van der Waals surface area (Å²) in [7, 11) is -3.64. The van der Waals surface area contributed by atoms with E-state index in [-0.39, 0.29) is 15.7 Å². The molecule has 0 aliphatic carbocycles. The second-order valence-electron chi connectivity index (χ2n) is 5.82. The van der Waals surface area contributed by atoms with Crippen molar-refractivity contribution < 1.29 is 17.9 Å². The minimum absolute atomic E-state index is 0.0614. The van der Waals surface area contributed by atoms with Crippen LogP contribution < -0.4 is 9.47 Å². The Morgan fingerprint density at radius 3 is 2.40 bits per heavy atom. The molecule has 0 radical (unpaired) electrons. The zero-order valence-electron chi connectivity index (χ0n) is 13.2. The van der Waals surface area contributed by atoms with Crippen LogP contribution in [0.4, 0.5) is 0 Å². The van der Waals surface area contributed by atoms with Crippen molar-refractivity contribution in [3.63, 3.8) is 0 Å². The van der Waals surface area contributed by atoms with Crippen LogP contribution in [0.1, 0.15) is 5.56 Å². The number of hydrogen-bond acceptors (Lipinski definition) is 4. The summed E-state index contributed by atoms with van der Waals surface area (Å²) in [5.74, 6) is 0.751. The van der Waals surface area contributed by atoms with Gasteiger partial charge in [0, 0.05) is 12.1 Å². The first-order chi connectivity index (χ1) is 12.0. The first-order valence-electron chi connectivity index (χ1n) is 7.83. The van der Waals surface area contributed by atoms with Crippen molar-refractivity contribution in [2.45, 2.75) is 10.6 Å². The smallest absolute Gasteiger partial charge is 0.184 e. The largest absolute Gasteiger partial charge is 0.486 e. The van der Waals surface area contributed by atoms with Crippen molar-refractivity contribution >= 4 is 32.2 Å². The molecular weight excluding hydrogens is 360 g/mol. The second-order valence-corrected chi connectivity index (χ2v) is 8.19. The Bertz CT molecular complexity index is 1050. The molecule has 0 saturated heterocycles. The van der Waals surface area contributed by atoms with Crippen molar-refractivity contribution in [1.29, 1.82) is 0 Å². The molecule has 1 aliphatic heterocycles. The minimum atomic E-state index is -3.64. The maximum Gasteiger partial charge on any atom is 0.184 e. The summed E-state index contributed by atoms with van der Waals surface area (Å²) in [6.07, 6.45) is 0. The van der Waals surface area contributed by atoms with Gasteiger partial charge in [-0.1, -0.05) is 54.1 Å². The Balaban J connectivity index is 1.77. The van der Waals surface area contributed by atoms with Gasteiger partial charge in [-0.25, -0.2) is 8.42 Å². The summed E-state index contributed by atoms with van der Waals surface area (Å²) in [5.41, 5.74) is 0.740. The van der Waals surface area contributed by atoms with Crippen molar-refractivity contribution in [2.75, 3.05) is 13.2 Å². The predicted octanol–water partition coefficient (Wildman–Crippen LogP) is 4.24. The van der Waals surface area contributed by atoms with E-state index in [9.17, 15) is 8.42 Å². The van der Waals surface area contributed by atoms with E-state index >= 15 is 0 Å². The average Bonchev–Trinajstić information content (AvgIpc) is 2.61. The molecule has 0 unspecified atom stereocenters. The molecule has 0 atom stereocenters. The Kier molecular flexibility index (Phi) is 4.06. The van der Waals surface area contributed by atoms with Crippen molar-refractivity contribution in [2.24, 2.45) is 0 Å². The highest BCUT2D eigenvalue weighted by molar-refractivity contribution is 7.90. The molecule has 6 heteroatoms. The fourth-order valence-electron chi connectivity index (χ4n) is 2.98. The zero-order chi connectivity index (χ0) is 17.4. The van der Waals surface area contributed by atoms with Gasteiger partial charge in [0.05, 0.1) is 15.7 Å². The van der Waals surface area contributed by atoms with Crippen LogP contribution in [-0.4, -0.2) is 21.6 Å². The van der Waals surface area contributed by atoms with E-state index in [2.05, 4.69) is 0 Å². The van der Waals surface area contributed by atoms with Gasteiger partial charge in [0.25, 0.3) is 0 Å². The number of hydrogen-bond donors (Lipinski definition) is 0. The van der Waals surface area contributed by atoms with Crippen molar-refractivity contribution in [1.82, 2.24) is 0 Å². The molecule has 0 spiro atoms. The molecule has 128 valence electrons. The van der Waals surface area contributed by atoms with Gasteiger partial charge in [0.1, 0.15) is 13.2 Å². The molecule has 0 fully saturated rings. The van der Waals surface area contributed by atoms with Gasteiger partial charge in [-0.3, -0.25) is 0 Å². The molecular formula is C19H15ClO4S. The number of sulfone groups is 1. The lowest BCUT2D eigenvalue weighted by Gasteiger charge is -2.20. The topological polar surface area (TPSA) is 52.6 Å². The molecule has 3 aromatic rings. The molecule has 4 rings (SSSR count). The fraction of sp³-hybridized carbons (Fsp3) is 0.158. The Labute approximate surface area is 150 Å². The Morgan fingerprint density at radius 2 is 1.60 bits per heavy atom. The summed E-state index contributed by atoms with van der Waals surface area (Å²) in [6.45, 7) is 0.808. The van der Waals surface area contributed by atoms with Gasteiger partial charge >= 0.3 is 0 Å². The maximum atomic E-state index is 13.0. The summed E-state index contributed by atoms with van der Waals surface area (Å²) < 4.78 is 36.9. The Hall–Kier alpha value is -2.24. The standard InChI is InChI=1S/C19H15ClO4S/c20-16-10-17-18(24-9-8-23-17)11-19(16)25(21,22)12-14-6-3-5-13-4-1-2-7-15(13)14/h1-7,10-11H,8-9,12H2. The fourth-order valence-corrected chi connectivity index (χ4v) is 4.95. The van der Waals surface area contributed by atoms with Gasteiger partial charge in [-0.2, -0.15) is 0 Å². The lowest BCUT2D eigenvalue weighted by atomic mass is 10.1. The highest BCUT2D eigenvalue weighted by Crippen LogP contribution is 2.38. The zero-order valence-corrected chi connectivity index (χ0v) is 14.8. The molecule has 0 amide bonds. The molecule has 0 bridgehead atoms. The molecule has 4 nitrogen and oxygen atoms in total. The lowest BCUT2D eigenvalue weighted by Crippen LogP contribution is -2.16. The van der Waals surface area contributed by atoms with E-state index in [0.717, 1.165) is 16.3 Å². The number of fused-ring (bicyclic) bond motifs is 2. The lowest BCUT2D eigenvalue weighted by molar-refractivity contribution is 0.171. The maximum absolute atomic E-state index is 13.0. The van der Waals surface area contributed by atoms with Crippen LogP contribution in [-0.2, 0) is 15.6 Å². The quantitative estimate of drug-likeness (QED) is 0.688. The number of rotatable bonds is 3. The van der Waals surface area contributed by atoms with Crippen LogP contribution in [0.3, 0.4) is 0 Å². The minimum Gasteiger partial charge on any atom is -0.486 e. The summed E-state index contributed by atoms with van der Waals surface area (Å²) in [6, 6.07) is 16.3. The van der Waals surface area contributed by atoms with E-state index in [0.29, 0.717) is 24.7 Å². The van der Waals surface area contributed by atoms with Crippen molar-refractivity contribution in [3.05, 3.63) is 65.2 Å². The van der Waals surface area contributed by atoms with E-state index < -0.39 is 9.84 Å². The molecule has 3 aromatic carbocycles. The molecule has 0 N–H and O–H groups in total. The third-order valence-corrected chi connectivity index (χ3v) is 6.28. The predicted molar refractivity (Wildman–Crippen MR) is 97.3 cm³/mol. The Morgan fingerprint density at radius 1 is 0.920 bits per heavy atom. The van der Waals surface area contributed by atoms with Gasteiger partial charge in [0.2, 0.25) is 0 Å². The van der Waals surface area contributed by atoms with Crippen LogP contribution in [0.25, 0.3) is 10.8 Å². The van der Waals surface area contributed by atoms with E-state index in [1.54, 1.807) is 0 Å². The molecule has 0 saturated carbocycles. The van der Waals surface area contributed by atoms with Gasteiger partial charge in [-0.15, -0.1) is 0 Å². The van der Waals surface area contributed by atoms with Crippen LogP contribution in [0, 0.1) is 0 Å². The molecule has 1 aliphatic rings. The summed E-state index contributed by atoms with van der Waals surface area (Å²) in [4.78, 5) is 0.0614. The number of ether oxygens (including phenoxy) is 2. The van der Waals surface area contributed by atoms with E-state index in [1.807, 2.05) is 42.5 Å². The third kappa shape index (κ3) is 3.05. The van der Waals surface area contributed by atoms with Gasteiger partial charge < -0.3 is 9.47 Å². The van der Waals surface area contributed by atoms with E-state index in [1.165, 1.54) is 12.1 Å². The van der Waals surface area contributed by atoms with Crippen molar-refractivity contribution in [3.8, 4) is 11.5 Å². The number of halogens is 1. The number of benzene rings is 3. The highest BCUT2D eigenvalue weighted by atomic mass is 35.5. The summed E-state index contributed by atoms with van der Waals surface area (Å²) >= 11 is 6.22.